The predicted molar refractivity (Wildman–Crippen MR) is 64.6 cm³/mol. The maximum atomic E-state index is 5.72. The number of rotatable bonds is 4. The molecule has 2 aromatic rings. The van der Waals surface area contributed by atoms with Gasteiger partial charge in [0.1, 0.15) is 6.33 Å². The minimum absolute atomic E-state index is 0.522. The van der Waals surface area contributed by atoms with Crippen molar-refractivity contribution in [2.24, 2.45) is 0 Å². The first kappa shape index (κ1) is 11.1. The van der Waals surface area contributed by atoms with E-state index >= 15 is 0 Å². The first-order valence-electron chi connectivity index (χ1n) is 5.08. The largest absolute Gasteiger partial charge is 0.481 e. The standard InChI is InChI=1S/C11H13N5O/c1-17-10-4-8(2-3-14-10)5-15-11-9(12)6-13-7-16-11/h2-4,6-7H,5,12H2,1H3,(H,13,15,16). The molecule has 0 aliphatic rings. The molecule has 2 aromatic heterocycles. The summed E-state index contributed by atoms with van der Waals surface area (Å²) in [6.07, 6.45) is 4.70. The number of methoxy groups -OCH3 is 1. The van der Waals surface area contributed by atoms with E-state index in [4.69, 9.17) is 10.5 Å². The van der Waals surface area contributed by atoms with Crippen LogP contribution in [-0.2, 0) is 6.54 Å². The monoisotopic (exact) mass is 231 g/mol. The Labute approximate surface area is 98.9 Å². The Morgan fingerprint density at radius 3 is 3.06 bits per heavy atom. The zero-order valence-corrected chi connectivity index (χ0v) is 9.42. The zero-order chi connectivity index (χ0) is 12.1. The molecular formula is C11H13N5O. The van der Waals surface area contributed by atoms with Crippen LogP contribution >= 0.6 is 0 Å². The number of pyridine rings is 1. The van der Waals surface area contributed by atoms with Gasteiger partial charge in [-0.05, 0) is 11.6 Å². The summed E-state index contributed by atoms with van der Waals surface area (Å²) in [5.41, 5.74) is 7.27. The first-order valence-corrected chi connectivity index (χ1v) is 5.08. The van der Waals surface area contributed by atoms with Gasteiger partial charge in [0.2, 0.25) is 5.88 Å². The van der Waals surface area contributed by atoms with E-state index in [1.54, 1.807) is 19.5 Å². The van der Waals surface area contributed by atoms with Crippen LogP contribution in [0, 0.1) is 0 Å². The molecule has 88 valence electrons. The molecule has 3 N–H and O–H groups in total. The van der Waals surface area contributed by atoms with Crippen LogP contribution < -0.4 is 15.8 Å². The molecule has 0 amide bonds. The van der Waals surface area contributed by atoms with Crippen molar-refractivity contribution in [2.75, 3.05) is 18.2 Å². The van der Waals surface area contributed by atoms with Crippen LogP contribution in [0.4, 0.5) is 11.5 Å². The topological polar surface area (TPSA) is 86.0 Å². The number of anilines is 2. The number of nitrogens with two attached hydrogens (primary N) is 1. The van der Waals surface area contributed by atoms with Crippen molar-refractivity contribution < 1.29 is 4.74 Å². The molecule has 0 spiro atoms. The predicted octanol–water partition coefficient (Wildman–Crippen LogP) is 1.07. The van der Waals surface area contributed by atoms with Gasteiger partial charge in [-0.1, -0.05) is 0 Å². The van der Waals surface area contributed by atoms with Gasteiger partial charge in [0, 0.05) is 18.8 Å². The van der Waals surface area contributed by atoms with Crippen LogP contribution in [-0.4, -0.2) is 22.1 Å². The van der Waals surface area contributed by atoms with Crippen molar-refractivity contribution in [3.05, 3.63) is 36.4 Å². The molecule has 0 fully saturated rings. The van der Waals surface area contributed by atoms with Gasteiger partial charge in [-0.25, -0.2) is 15.0 Å². The van der Waals surface area contributed by atoms with Crippen LogP contribution in [0.2, 0.25) is 0 Å². The van der Waals surface area contributed by atoms with Crippen molar-refractivity contribution in [3.63, 3.8) is 0 Å². The lowest BCUT2D eigenvalue weighted by Gasteiger charge is -2.07. The minimum atomic E-state index is 0.522. The molecule has 6 nitrogen and oxygen atoms in total. The average molecular weight is 231 g/mol. The average Bonchev–Trinajstić information content (AvgIpc) is 2.38. The SMILES string of the molecule is COc1cc(CNc2ncncc2N)ccn1. The molecule has 2 rings (SSSR count). The smallest absolute Gasteiger partial charge is 0.213 e. The van der Waals surface area contributed by atoms with Crippen molar-refractivity contribution >= 4 is 11.5 Å². The summed E-state index contributed by atoms with van der Waals surface area (Å²) in [5.74, 6) is 1.20. The maximum Gasteiger partial charge on any atom is 0.213 e. The highest BCUT2D eigenvalue weighted by atomic mass is 16.5. The van der Waals surface area contributed by atoms with E-state index in [0.717, 1.165) is 5.56 Å². The molecule has 0 saturated carbocycles. The van der Waals surface area contributed by atoms with Gasteiger partial charge in [-0.2, -0.15) is 0 Å². The number of aromatic nitrogens is 3. The third-order valence-electron chi connectivity index (χ3n) is 2.21. The number of nitrogens with one attached hydrogen (secondary N) is 1. The Kier molecular flexibility index (Phi) is 3.34. The van der Waals surface area contributed by atoms with Crippen molar-refractivity contribution in [1.29, 1.82) is 0 Å². The normalized spacial score (nSPS) is 9.94. The summed E-state index contributed by atoms with van der Waals surface area (Å²) in [4.78, 5) is 11.9. The van der Waals surface area contributed by atoms with E-state index in [-0.39, 0.29) is 0 Å². The molecule has 6 heteroatoms. The summed E-state index contributed by atoms with van der Waals surface area (Å²) in [6, 6.07) is 3.75. The van der Waals surface area contributed by atoms with E-state index in [1.807, 2.05) is 12.1 Å². The Bertz CT molecular complexity index is 503. The van der Waals surface area contributed by atoms with E-state index in [2.05, 4.69) is 20.3 Å². The van der Waals surface area contributed by atoms with Crippen LogP contribution in [0.3, 0.4) is 0 Å². The molecule has 0 saturated heterocycles. The highest BCUT2D eigenvalue weighted by molar-refractivity contribution is 5.59. The molecule has 2 heterocycles. The molecule has 0 aromatic carbocycles. The van der Waals surface area contributed by atoms with E-state index < -0.39 is 0 Å². The maximum absolute atomic E-state index is 5.72. The van der Waals surface area contributed by atoms with Gasteiger partial charge in [-0.3, -0.25) is 0 Å². The highest BCUT2D eigenvalue weighted by Gasteiger charge is 2.01. The van der Waals surface area contributed by atoms with E-state index in [0.29, 0.717) is 23.9 Å². The molecule has 0 radical (unpaired) electrons. The molecule has 0 atom stereocenters. The summed E-state index contributed by atoms with van der Waals surface area (Å²) < 4.78 is 5.04. The fourth-order valence-corrected chi connectivity index (χ4v) is 1.35. The summed E-state index contributed by atoms with van der Waals surface area (Å²) >= 11 is 0. The second-order valence-corrected chi connectivity index (χ2v) is 3.39. The minimum Gasteiger partial charge on any atom is -0.481 e. The number of nitrogen functional groups attached to an aromatic ring is 1. The van der Waals surface area contributed by atoms with E-state index in [9.17, 15) is 0 Å². The Morgan fingerprint density at radius 2 is 2.29 bits per heavy atom. The first-order chi connectivity index (χ1) is 8.29. The van der Waals surface area contributed by atoms with Crippen LogP contribution in [0.15, 0.2) is 30.9 Å². The zero-order valence-electron chi connectivity index (χ0n) is 9.42. The lowest BCUT2D eigenvalue weighted by atomic mass is 10.2. The lowest BCUT2D eigenvalue weighted by Crippen LogP contribution is -2.05. The number of hydrogen-bond acceptors (Lipinski definition) is 6. The van der Waals surface area contributed by atoms with Gasteiger partial charge in [-0.15, -0.1) is 0 Å². The lowest BCUT2D eigenvalue weighted by molar-refractivity contribution is 0.397. The van der Waals surface area contributed by atoms with Gasteiger partial charge in [0.05, 0.1) is 19.0 Å². The number of hydrogen-bond donors (Lipinski definition) is 2. The Morgan fingerprint density at radius 1 is 1.41 bits per heavy atom. The van der Waals surface area contributed by atoms with Gasteiger partial charge < -0.3 is 15.8 Å². The quantitative estimate of drug-likeness (QED) is 0.818. The molecule has 0 bridgehead atoms. The third kappa shape index (κ3) is 2.81. The van der Waals surface area contributed by atoms with Crippen molar-refractivity contribution in [3.8, 4) is 5.88 Å². The fourth-order valence-electron chi connectivity index (χ4n) is 1.35. The summed E-state index contributed by atoms with van der Waals surface area (Å²) in [6.45, 7) is 0.597. The van der Waals surface area contributed by atoms with Crippen LogP contribution in [0.1, 0.15) is 5.56 Å². The molecule has 0 unspecified atom stereocenters. The molecular weight excluding hydrogens is 218 g/mol. The summed E-state index contributed by atoms with van der Waals surface area (Å²) in [5, 5.41) is 3.12. The molecule has 0 aliphatic heterocycles. The van der Waals surface area contributed by atoms with Crippen molar-refractivity contribution in [2.45, 2.75) is 6.54 Å². The Balaban J connectivity index is 2.05. The van der Waals surface area contributed by atoms with Crippen LogP contribution in [0.5, 0.6) is 5.88 Å². The second kappa shape index (κ2) is 5.11. The third-order valence-corrected chi connectivity index (χ3v) is 2.21. The Hall–Kier alpha value is -2.37. The fraction of sp³-hybridized carbons (Fsp3) is 0.182. The number of nitrogens with zero attached hydrogens (tertiary/aromatic N) is 3. The number of ether oxygens (including phenoxy) is 1. The summed E-state index contributed by atoms with van der Waals surface area (Å²) in [7, 11) is 1.59. The van der Waals surface area contributed by atoms with Crippen LogP contribution in [0.25, 0.3) is 0 Å². The highest BCUT2D eigenvalue weighted by Crippen LogP contribution is 2.14. The molecule has 17 heavy (non-hydrogen) atoms. The van der Waals surface area contributed by atoms with Gasteiger partial charge in [0.15, 0.2) is 5.82 Å². The van der Waals surface area contributed by atoms with Gasteiger partial charge >= 0.3 is 0 Å². The second-order valence-electron chi connectivity index (χ2n) is 3.39. The van der Waals surface area contributed by atoms with E-state index in [1.165, 1.54) is 6.33 Å². The van der Waals surface area contributed by atoms with Gasteiger partial charge in [0.25, 0.3) is 0 Å². The molecule has 0 aliphatic carbocycles. The van der Waals surface area contributed by atoms with Crippen molar-refractivity contribution in [1.82, 2.24) is 15.0 Å².